The maximum atomic E-state index is 12.0. The van der Waals surface area contributed by atoms with Crippen LogP contribution in [0, 0.1) is 6.92 Å². The van der Waals surface area contributed by atoms with Gasteiger partial charge in [0.1, 0.15) is 10.8 Å². The summed E-state index contributed by atoms with van der Waals surface area (Å²) in [5.41, 5.74) is 2.07. The average Bonchev–Trinajstić information content (AvgIpc) is 3.25. The van der Waals surface area contributed by atoms with E-state index in [0.717, 1.165) is 21.1 Å². The topological polar surface area (TPSA) is 51.2 Å². The van der Waals surface area contributed by atoms with E-state index in [1.807, 2.05) is 61.0 Å². The van der Waals surface area contributed by atoms with Crippen LogP contribution >= 0.6 is 22.7 Å². The third kappa shape index (κ3) is 4.21. The van der Waals surface area contributed by atoms with Gasteiger partial charge in [0.05, 0.1) is 6.04 Å². The van der Waals surface area contributed by atoms with E-state index in [1.165, 1.54) is 0 Å². The monoisotopic (exact) mass is 358 g/mol. The van der Waals surface area contributed by atoms with Crippen LogP contribution in [-0.4, -0.2) is 17.5 Å². The van der Waals surface area contributed by atoms with Gasteiger partial charge in [-0.2, -0.15) is 0 Å². The molecule has 0 saturated carbocycles. The number of ether oxygens (including phenoxy) is 1. The van der Waals surface area contributed by atoms with Crippen LogP contribution in [0.5, 0.6) is 5.75 Å². The minimum Gasteiger partial charge on any atom is -0.484 e. The third-order valence-electron chi connectivity index (χ3n) is 3.44. The number of hydrogen-bond acceptors (Lipinski definition) is 5. The summed E-state index contributed by atoms with van der Waals surface area (Å²) in [6, 6.07) is 11.6. The zero-order chi connectivity index (χ0) is 16.9. The van der Waals surface area contributed by atoms with Gasteiger partial charge in [0, 0.05) is 21.5 Å². The van der Waals surface area contributed by atoms with E-state index in [4.69, 9.17) is 4.74 Å². The van der Waals surface area contributed by atoms with E-state index in [2.05, 4.69) is 10.3 Å². The predicted molar refractivity (Wildman–Crippen MR) is 98.7 cm³/mol. The number of nitrogens with one attached hydrogen (secondary N) is 1. The van der Waals surface area contributed by atoms with Crippen molar-refractivity contribution in [2.75, 3.05) is 6.61 Å². The van der Waals surface area contributed by atoms with Gasteiger partial charge >= 0.3 is 0 Å². The highest BCUT2D eigenvalue weighted by molar-refractivity contribution is 7.13. The minimum absolute atomic E-state index is 0.00313. The van der Waals surface area contributed by atoms with Gasteiger partial charge in [0.25, 0.3) is 5.91 Å². The van der Waals surface area contributed by atoms with E-state index in [1.54, 1.807) is 22.7 Å². The quantitative estimate of drug-likeness (QED) is 0.709. The molecule has 3 rings (SSSR count). The molecule has 0 radical (unpaired) electrons. The van der Waals surface area contributed by atoms with E-state index in [0.29, 0.717) is 5.75 Å². The Bertz CT molecular complexity index is 795. The first-order chi connectivity index (χ1) is 11.6. The van der Waals surface area contributed by atoms with Gasteiger partial charge in [-0.3, -0.25) is 4.79 Å². The summed E-state index contributed by atoms with van der Waals surface area (Å²) in [6.45, 7) is 3.95. The number of aromatic nitrogens is 1. The molecule has 0 aliphatic heterocycles. The second-order valence-electron chi connectivity index (χ2n) is 5.41. The summed E-state index contributed by atoms with van der Waals surface area (Å²) >= 11 is 3.25. The summed E-state index contributed by atoms with van der Waals surface area (Å²) in [5.74, 6) is 0.543. The van der Waals surface area contributed by atoms with Crippen molar-refractivity contribution in [1.82, 2.24) is 10.3 Å². The molecule has 24 heavy (non-hydrogen) atoms. The third-order valence-corrected chi connectivity index (χ3v) is 5.50. The lowest BCUT2D eigenvalue weighted by atomic mass is 10.2. The van der Waals surface area contributed by atoms with Gasteiger partial charge in [-0.1, -0.05) is 6.07 Å². The molecule has 0 fully saturated rings. The first-order valence-electron chi connectivity index (χ1n) is 7.60. The Morgan fingerprint density at radius 1 is 1.25 bits per heavy atom. The van der Waals surface area contributed by atoms with Crippen LogP contribution in [0.2, 0.25) is 0 Å². The lowest BCUT2D eigenvalue weighted by Gasteiger charge is -2.13. The van der Waals surface area contributed by atoms with E-state index in [9.17, 15) is 4.79 Å². The Balaban J connectivity index is 1.52. The maximum Gasteiger partial charge on any atom is 0.258 e. The molecule has 0 aliphatic rings. The van der Waals surface area contributed by atoms with Gasteiger partial charge in [0.15, 0.2) is 6.61 Å². The molecule has 1 atom stereocenters. The summed E-state index contributed by atoms with van der Waals surface area (Å²) in [4.78, 5) is 17.6. The highest BCUT2D eigenvalue weighted by Crippen LogP contribution is 2.25. The van der Waals surface area contributed by atoms with Crippen LogP contribution in [-0.2, 0) is 4.79 Å². The van der Waals surface area contributed by atoms with Crippen molar-refractivity contribution >= 4 is 28.6 Å². The lowest BCUT2D eigenvalue weighted by Crippen LogP contribution is -2.30. The molecule has 6 heteroatoms. The first kappa shape index (κ1) is 16.7. The van der Waals surface area contributed by atoms with Gasteiger partial charge < -0.3 is 10.1 Å². The Kier molecular flexibility index (Phi) is 5.27. The molecule has 0 unspecified atom stereocenters. The van der Waals surface area contributed by atoms with Crippen LogP contribution in [0.1, 0.15) is 23.5 Å². The second kappa shape index (κ2) is 7.59. The van der Waals surface area contributed by atoms with Crippen LogP contribution in [0.4, 0.5) is 0 Å². The molecular formula is C18H18N2O2S2. The fraction of sp³-hybridized carbons (Fsp3) is 0.222. The molecule has 0 bridgehead atoms. The van der Waals surface area contributed by atoms with Crippen molar-refractivity contribution in [2.45, 2.75) is 19.9 Å². The number of benzene rings is 1. The average molecular weight is 358 g/mol. The number of amides is 1. The summed E-state index contributed by atoms with van der Waals surface area (Å²) in [6.07, 6.45) is 0. The van der Waals surface area contributed by atoms with E-state index >= 15 is 0 Å². The number of thiazole rings is 1. The Hall–Kier alpha value is -2.18. The molecule has 1 N–H and O–H groups in total. The Labute approximate surface area is 149 Å². The minimum atomic E-state index is -0.129. The molecule has 4 nitrogen and oxygen atoms in total. The maximum absolute atomic E-state index is 12.0. The van der Waals surface area contributed by atoms with Crippen molar-refractivity contribution in [1.29, 1.82) is 0 Å². The molecule has 0 spiro atoms. The Morgan fingerprint density at radius 2 is 2.04 bits per heavy atom. The van der Waals surface area contributed by atoms with Gasteiger partial charge in [0.2, 0.25) is 0 Å². The van der Waals surface area contributed by atoms with Crippen molar-refractivity contribution < 1.29 is 9.53 Å². The molecular weight excluding hydrogens is 340 g/mol. The molecule has 124 valence electrons. The number of rotatable bonds is 6. The zero-order valence-electron chi connectivity index (χ0n) is 13.5. The number of thiophene rings is 1. The second-order valence-corrected chi connectivity index (χ2v) is 7.25. The molecule has 1 amide bonds. The lowest BCUT2D eigenvalue weighted by molar-refractivity contribution is -0.123. The fourth-order valence-electron chi connectivity index (χ4n) is 2.22. The summed E-state index contributed by atoms with van der Waals surface area (Å²) < 4.78 is 5.56. The predicted octanol–water partition coefficient (Wildman–Crippen LogP) is 4.44. The fourth-order valence-corrected chi connectivity index (χ4v) is 3.76. The highest BCUT2D eigenvalue weighted by atomic mass is 32.1. The number of hydrogen-bond donors (Lipinski definition) is 1. The highest BCUT2D eigenvalue weighted by Gasteiger charge is 2.11. The van der Waals surface area contributed by atoms with Crippen LogP contribution < -0.4 is 10.1 Å². The molecule has 2 heterocycles. The molecule has 1 aromatic carbocycles. The van der Waals surface area contributed by atoms with Crippen molar-refractivity contribution in [3.8, 4) is 16.3 Å². The normalized spacial score (nSPS) is 11.9. The molecule has 0 saturated heterocycles. The van der Waals surface area contributed by atoms with E-state index in [-0.39, 0.29) is 18.6 Å². The van der Waals surface area contributed by atoms with Gasteiger partial charge in [-0.25, -0.2) is 4.98 Å². The van der Waals surface area contributed by atoms with Gasteiger partial charge in [-0.15, -0.1) is 22.7 Å². The first-order valence-corrected chi connectivity index (χ1v) is 9.36. The molecule has 0 aliphatic carbocycles. The number of aryl methyl sites for hydroxylation is 1. The summed E-state index contributed by atoms with van der Waals surface area (Å²) in [5, 5.41) is 7.94. The van der Waals surface area contributed by atoms with Crippen LogP contribution in [0.25, 0.3) is 10.6 Å². The smallest absolute Gasteiger partial charge is 0.258 e. The van der Waals surface area contributed by atoms with Gasteiger partial charge in [-0.05, 0) is 49.6 Å². The van der Waals surface area contributed by atoms with Crippen LogP contribution in [0.3, 0.4) is 0 Å². The number of carbonyl (C=O) groups is 1. The Morgan fingerprint density at radius 3 is 2.67 bits per heavy atom. The van der Waals surface area contributed by atoms with Crippen molar-refractivity contribution in [2.24, 2.45) is 0 Å². The SMILES string of the molecule is Cc1csc(-c2ccc(OCC(=O)N[C@@H](C)c3cccs3)cc2)n1. The van der Waals surface area contributed by atoms with Crippen LogP contribution in [0.15, 0.2) is 47.2 Å². The molecule has 2 aromatic heterocycles. The molecule has 3 aromatic rings. The zero-order valence-corrected chi connectivity index (χ0v) is 15.1. The largest absolute Gasteiger partial charge is 0.484 e. The number of nitrogens with zero attached hydrogens (tertiary/aromatic N) is 1. The van der Waals surface area contributed by atoms with E-state index < -0.39 is 0 Å². The number of carbonyl (C=O) groups excluding carboxylic acids is 1. The van der Waals surface area contributed by atoms with Crippen molar-refractivity contribution in [3.63, 3.8) is 0 Å². The van der Waals surface area contributed by atoms with Crippen molar-refractivity contribution in [3.05, 3.63) is 57.7 Å². The standard InChI is InChI=1S/C18H18N2O2S2/c1-12-11-24-18(19-12)14-5-7-15(8-6-14)22-10-17(21)20-13(2)16-4-3-9-23-16/h3-9,11,13H,10H2,1-2H3,(H,20,21)/t13-/m0/s1. The summed E-state index contributed by atoms with van der Waals surface area (Å²) in [7, 11) is 0.